The second-order valence-electron chi connectivity index (χ2n) is 15.3. The van der Waals surface area contributed by atoms with Crippen molar-refractivity contribution < 1.29 is 71.5 Å². The van der Waals surface area contributed by atoms with Crippen LogP contribution in [0.3, 0.4) is 0 Å². The summed E-state index contributed by atoms with van der Waals surface area (Å²) in [5.74, 6) is -1.54. The van der Waals surface area contributed by atoms with Gasteiger partial charge in [-0.3, -0.25) is 28.0 Å². The lowest BCUT2D eigenvalue weighted by Crippen LogP contribution is -2.29. The van der Waals surface area contributed by atoms with Crippen LogP contribution in [0.5, 0.6) is 0 Å². The van der Waals surface area contributed by atoms with Crippen LogP contribution in [0.15, 0.2) is 36.5 Å². The molecular formula is C42H74O15P2. The lowest BCUT2D eigenvalue weighted by Gasteiger charge is -2.20. The Morgan fingerprint density at radius 3 is 1.90 bits per heavy atom. The van der Waals surface area contributed by atoms with E-state index in [9.17, 15) is 38.6 Å². The average molecular weight is 881 g/mol. The number of carbonyl (C=O) groups is 3. The van der Waals surface area contributed by atoms with Gasteiger partial charge >= 0.3 is 27.6 Å². The van der Waals surface area contributed by atoms with E-state index >= 15 is 0 Å². The largest absolute Gasteiger partial charge is 0.472 e. The molecule has 0 aromatic rings. The second kappa shape index (κ2) is 33.6. The average Bonchev–Trinajstić information content (AvgIpc) is 3.54. The van der Waals surface area contributed by atoms with Gasteiger partial charge < -0.3 is 34.4 Å². The molecule has 0 radical (unpaired) electrons. The SMILES string of the molecule is CCCCCCCCCCCCCCCC(=O)OC[C@H](COP(=O)(O)OC[C@@H](O)COP(=O)(O)O)OC(=O)CCC/C=C\C[C@H]1C=CC(=O)[C@@H]1/C=C/[C@@H](O)CCCCC. The molecule has 0 heterocycles. The maximum Gasteiger partial charge on any atom is 0.472 e. The Labute approximate surface area is 352 Å². The molecule has 1 aliphatic carbocycles. The van der Waals surface area contributed by atoms with E-state index in [4.69, 9.17) is 23.8 Å². The van der Waals surface area contributed by atoms with E-state index in [0.717, 1.165) is 38.5 Å². The number of ketones is 1. The molecule has 342 valence electrons. The summed E-state index contributed by atoms with van der Waals surface area (Å²) in [4.78, 5) is 65.2. The fourth-order valence-electron chi connectivity index (χ4n) is 6.34. The maximum atomic E-state index is 12.7. The van der Waals surface area contributed by atoms with Crippen LogP contribution >= 0.6 is 15.6 Å². The van der Waals surface area contributed by atoms with Crippen molar-refractivity contribution in [3.05, 3.63) is 36.5 Å². The van der Waals surface area contributed by atoms with Gasteiger partial charge in [0, 0.05) is 18.8 Å². The van der Waals surface area contributed by atoms with E-state index in [2.05, 4.69) is 22.9 Å². The number of esters is 2. The summed E-state index contributed by atoms with van der Waals surface area (Å²) in [5.41, 5.74) is 0. The number of hydrogen-bond acceptors (Lipinski definition) is 12. The zero-order valence-electron chi connectivity index (χ0n) is 35.4. The predicted molar refractivity (Wildman–Crippen MR) is 225 cm³/mol. The normalized spacial score (nSPS) is 18.4. The molecule has 1 aliphatic rings. The minimum Gasteiger partial charge on any atom is -0.462 e. The summed E-state index contributed by atoms with van der Waals surface area (Å²) < 4.78 is 47.7. The molecule has 0 amide bonds. The molecule has 0 bridgehead atoms. The highest BCUT2D eigenvalue weighted by Crippen LogP contribution is 2.44. The van der Waals surface area contributed by atoms with E-state index in [1.54, 1.807) is 18.2 Å². The number of carbonyl (C=O) groups excluding carboxylic acids is 3. The van der Waals surface area contributed by atoms with Crippen LogP contribution in [0.4, 0.5) is 0 Å². The number of aliphatic hydroxyl groups is 2. The van der Waals surface area contributed by atoms with Crippen molar-refractivity contribution >= 4 is 33.4 Å². The van der Waals surface area contributed by atoms with Gasteiger partial charge in [0.25, 0.3) is 0 Å². The highest BCUT2D eigenvalue weighted by Gasteiger charge is 2.29. The molecule has 0 aromatic carbocycles. The molecule has 0 aromatic heterocycles. The van der Waals surface area contributed by atoms with Crippen molar-refractivity contribution in [1.82, 2.24) is 0 Å². The van der Waals surface area contributed by atoms with Gasteiger partial charge in [-0.2, -0.15) is 0 Å². The zero-order chi connectivity index (χ0) is 43.8. The summed E-state index contributed by atoms with van der Waals surface area (Å²) in [5, 5.41) is 20.0. The third-order valence-corrected chi connectivity index (χ3v) is 11.2. The predicted octanol–water partition coefficient (Wildman–Crippen LogP) is 8.51. The first kappa shape index (κ1) is 55.0. The van der Waals surface area contributed by atoms with Crippen molar-refractivity contribution in [3.63, 3.8) is 0 Å². The Balaban J connectivity index is 2.55. The molecule has 0 saturated heterocycles. The lowest BCUT2D eigenvalue weighted by atomic mass is 9.90. The molecule has 0 spiro atoms. The molecule has 17 heteroatoms. The van der Waals surface area contributed by atoms with Crippen molar-refractivity contribution in [3.8, 4) is 0 Å². The van der Waals surface area contributed by atoms with Crippen LogP contribution in [0.1, 0.15) is 155 Å². The van der Waals surface area contributed by atoms with Gasteiger partial charge in [0.2, 0.25) is 0 Å². The number of allylic oxidation sites excluding steroid dienone is 5. The Hall–Kier alpha value is -2.03. The monoisotopic (exact) mass is 880 g/mol. The lowest BCUT2D eigenvalue weighted by molar-refractivity contribution is -0.161. The number of unbranched alkanes of at least 4 members (excludes halogenated alkanes) is 15. The summed E-state index contributed by atoms with van der Waals surface area (Å²) in [6, 6.07) is 0. The Kier molecular flexibility index (Phi) is 31.3. The van der Waals surface area contributed by atoms with E-state index in [-0.39, 0.29) is 30.5 Å². The van der Waals surface area contributed by atoms with Gasteiger partial charge in [0.05, 0.1) is 25.9 Å². The van der Waals surface area contributed by atoms with Crippen molar-refractivity contribution in [2.24, 2.45) is 11.8 Å². The van der Waals surface area contributed by atoms with Gasteiger partial charge in [0.1, 0.15) is 12.7 Å². The van der Waals surface area contributed by atoms with Crippen molar-refractivity contribution in [1.29, 1.82) is 0 Å². The smallest absolute Gasteiger partial charge is 0.462 e. The molecule has 1 unspecified atom stereocenters. The zero-order valence-corrected chi connectivity index (χ0v) is 37.2. The molecular weight excluding hydrogens is 806 g/mol. The first-order chi connectivity index (χ1) is 28.2. The number of aliphatic hydroxyl groups excluding tert-OH is 2. The van der Waals surface area contributed by atoms with Crippen molar-refractivity contribution in [2.75, 3.05) is 26.4 Å². The highest BCUT2D eigenvalue weighted by atomic mass is 31.2. The third-order valence-electron chi connectivity index (χ3n) is 9.77. The standard InChI is InChI=1S/C42H74O15P2/c1-3-5-7-8-9-10-11-12-13-14-15-16-21-25-41(46)53-33-38(34-56-59(51,52)55-32-37(44)31-54-58(48,49)50)57-42(47)26-22-18-17-20-23-35-27-30-40(45)39(35)29-28-36(43)24-19-6-4-2/h17,20,27-30,35-39,43-44H,3-16,18-19,21-26,31-34H2,1-2H3,(H,51,52)(H2,48,49,50)/b20-17-,29-28+/t35-,36-,37-,38+,39+/m0/s1. The maximum absolute atomic E-state index is 12.7. The van der Waals surface area contributed by atoms with Crippen LogP contribution in [-0.4, -0.2) is 87.4 Å². The van der Waals surface area contributed by atoms with Crippen molar-refractivity contribution in [2.45, 2.75) is 173 Å². The summed E-state index contributed by atoms with van der Waals surface area (Å²) in [7, 11) is -9.75. The second-order valence-corrected chi connectivity index (χ2v) is 18.0. The third kappa shape index (κ3) is 31.5. The van der Waals surface area contributed by atoms with Gasteiger partial charge in [-0.1, -0.05) is 141 Å². The first-order valence-corrected chi connectivity index (χ1v) is 24.8. The fraction of sp³-hybridized carbons (Fsp3) is 0.786. The topological polar surface area (TPSA) is 233 Å². The molecule has 0 aliphatic heterocycles. The number of rotatable bonds is 38. The van der Waals surface area contributed by atoms with Gasteiger partial charge in [0.15, 0.2) is 11.9 Å². The highest BCUT2D eigenvalue weighted by molar-refractivity contribution is 7.47. The minimum atomic E-state index is -4.89. The van der Waals surface area contributed by atoms with Gasteiger partial charge in [-0.05, 0) is 44.1 Å². The number of ether oxygens (including phenoxy) is 2. The molecule has 59 heavy (non-hydrogen) atoms. The number of hydrogen-bond donors (Lipinski definition) is 5. The fourth-order valence-corrected chi connectivity index (χ4v) is 7.49. The first-order valence-electron chi connectivity index (χ1n) is 21.7. The Bertz CT molecular complexity index is 1330. The quantitative estimate of drug-likeness (QED) is 0.0169. The summed E-state index contributed by atoms with van der Waals surface area (Å²) >= 11 is 0. The number of phosphoric ester groups is 2. The van der Waals surface area contributed by atoms with Crippen LogP contribution < -0.4 is 0 Å². The van der Waals surface area contributed by atoms with E-state index in [0.29, 0.717) is 32.1 Å². The van der Waals surface area contributed by atoms with Gasteiger partial charge in [-0.15, -0.1) is 0 Å². The molecule has 6 atom stereocenters. The Morgan fingerprint density at radius 1 is 0.712 bits per heavy atom. The van der Waals surface area contributed by atoms with Gasteiger partial charge in [-0.25, -0.2) is 9.13 Å². The van der Waals surface area contributed by atoms with Crippen LogP contribution in [0, 0.1) is 11.8 Å². The van der Waals surface area contributed by atoms with Crippen LogP contribution in [0.2, 0.25) is 0 Å². The minimum absolute atomic E-state index is 0.00133. The van der Waals surface area contributed by atoms with E-state index in [1.807, 2.05) is 18.2 Å². The van der Waals surface area contributed by atoms with E-state index in [1.165, 1.54) is 57.8 Å². The molecule has 0 fully saturated rings. The van der Waals surface area contributed by atoms with Crippen LogP contribution in [0.25, 0.3) is 0 Å². The molecule has 5 N–H and O–H groups in total. The van der Waals surface area contributed by atoms with E-state index < -0.39 is 72.3 Å². The summed E-state index contributed by atoms with van der Waals surface area (Å²) in [6.07, 6.45) is 27.7. The molecule has 15 nitrogen and oxygen atoms in total. The summed E-state index contributed by atoms with van der Waals surface area (Å²) in [6.45, 7) is 1.43. The molecule has 1 rings (SSSR count). The van der Waals surface area contributed by atoms with Crippen LogP contribution in [-0.2, 0) is 46.6 Å². The molecule has 0 saturated carbocycles. The number of phosphoric acid groups is 2. The Morgan fingerprint density at radius 2 is 1.27 bits per heavy atom.